The Balaban J connectivity index is 1.51. The maximum Gasteiger partial charge on any atom is 0.259 e. The number of carbonyl (C=O) groups is 1. The average Bonchev–Trinajstić information content (AvgIpc) is 3.43. The van der Waals surface area contributed by atoms with Gasteiger partial charge >= 0.3 is 0 Å². The standard InChI is InChI=1S/C28H30N3O2/c29-18-21-12-14-23(15-13-21)24(19-30)17-22-7-6-16-31(20-22)27(32)28(33,26-10-4-5-11-26)25-8-2-1-3-9-25/h1-3,7-9,12-15,22,24,26,33H,4-6,10-11,16-17,20H2. The second kappa shape index (κ2) is 10.2. The highest BCUT2D eigenvalue weighted by atomic mass is 16.3. The molecule has 169 valence electrons. The summed E-state index contributed by atoms with van der Waals surface area (Å²) in [4.78, 5) is 15.6. The minimum absolute atomic E-state index is 0.0674. The van der Waals surface area contributed by atoms with Gasteiger partial charge in [0.25, 0.3) is 5.91 Å². The van der Waals surface area contributed by atoms with Crippen LogP contribution in [0.5, 0.6) is 0 Å². The quantitative estimate of drug-likeness (QED) is 0.706. The molecular weight excluding hydrogens is 410 g/mol. The molecule has 1 radical (unpaired) electrons. The van der Waals surface area contributed by atoms with Gasteiger partial charge < -0.3 is 10.0 Å². The van der Waals surface area contributed by atoms with Gasteiger partial charge in [0.05, 0.1) is 23.6 Å². The maximum absolute atomic E-state index is 13.8. The Bertz CT molecular complexity index is 1030. The van der Waals surface area contributed by atoms with Crippen LogP contribution in [0.15, 0.2) is 54.6 Å². The highest BCUT2D eigenvalue weighted by Crippen LogP contribution is 2.42. The van der Waals surface area contributed by atoms with Crippen molar-refractivity contribution in [2.24, 2.45) is 11.8 Å². The molecule has 0 aromatic heterocycles. The molecule has 3 unspecified atom stereocenters. The fourth-order valence-electron chi connectivity index (χ4n) is 5.44. The first-order valence-corrected chi connectivity index (χ1v) is 11.9. The molecule has 5 nitrogen and oxygen atoms in total. The van der Waals surface area contributed by atoms with Crippen molar-refractivity contribution < 1.29 is 9.90 Å². The Kier molecular flexibility index (Phi) is 7.11. The molecular formula is C28H30N3O2. The highest BCUT2D eigenvalue weighted by Gasteiger charge is 2.48. The van der Waals surface area contributed by atoms with Crippen LogP contribution in [0.3, 0.4) is 0 Å². The molecule has 2 aromatic carbocycles. The van der Waals surface area contributed by atoms with E-state index in [0.717, 1.165) is 37.7 Å². The minimum Gasteiger partial charge on any atom is -0.375 e. The van der Waals surface area contributed by atoms with Gasteiger partial charge in [-0.1, -0.05) is 55.3 Å². The third kappa shape index (κ3) is 4.80. The van der Waals surface area contributed by atoms with Crippen molar-refractivity contribution in [3.63, 3.8) is 0 Å². The van der Waals surface area contributed by atoms with Gasteiger partial charge in [0.15, 0.2) is 5.60 Å². The fraction of sp³-hybridized carbons (Fsp3) is 0.429. The smallest absolute Gasteiger partial charge is 0.259 e. The second-order valence-electron chi connectivity index (χ2n) is 9.30. The third-order valence-electron chi connectivity index (χ3n) is 7.26. The predicted molar refractivity (Wildman–Crippen MR) is 125 cm³/mol. The first-order chi connectivity index (χ1) is 16.1. The first-order valence-electron chi connectivity index (χ1n) is 11.9. The molecule has 1 saturated carbocycles. The van der Waals surface area contributed by atoms with E-state index in [9.17, 15) is 15.2 Å². The molecule has 33 heavy (non-hydrogen) atoms. The van der Waals surface area contributed by atoms with Crippen LogP contribution in [0.1, 0.15) is 61.1 Å². The number of nitriles is 2. The molecule has 2 fully saturated rings. The number of hydrogen-bond acceptors (Lipinski definition) is 4. The van der Waals surface area contributed by atoms with E-state index >= 15 is 0 Å². The van der Waals surface area contributed by atoms with Gasteiger partial charge in [0.1, 0.15) is 0 Å². The van der Waals surface area contributed by atoms with E-state index < -0.39 is 5.60 Å². The van der Waals surface area contributed by atoms with E-state index in [-0.39, 0.29) is 23.7 Å². The van der Waals surface area contributed by atoms with Crippen LogP contribution < -0.4 is 0 Å². The summed E-state index contributed by atoms with van der Waals surface area (Å²) in [5.74, 6) is -0.503. The lowest BCUT2D eigenvalue weighted by molar-refractivity contribution is -0.160. The van der Waals surface area contributed by atoms with Crippen molar-refractivity contribution in [2.75, 3.05) is 13.1 Å². The summed E-state index contributed by atoms with van der Waals surface area (Å²) in [6, 6.07) is 21.0. The molecule has 1 saturated heterocycles. The van der Waals surface area contributed by atoms with Crippen LogP contribution in [0.2, 0.25) is 0 Å². The van der Waals surface area contributed by atoms with Crippen LogP contribution >= 0.6 is 0 Å². The summed E-state index contributed by atoms with van der Waals surface area (Å²) >= 11 is 0. The van der Waals surface area contributed by atoms with Gasteiger partial charge in [-0.2, -0.15) is 10.5 Å². The van der Waals surface area contributed by atoms with Gasteiger partial charge in [0.2, 0.25) is 0 Å². The normalized spacial score (nSPS) is 21.5. The molecule has 0 spiro atoms. The topological polar surface area (TPSA) is 88.1 Å². The van der Waals surface area contributed by atoms with Crippen molar-refractivity contribution in [1.82, 2.24) is 4.90 Å². The molecule has 0 bridgehead atoms. The van der Waals surface area contributed by atoms with Gasteiger partial charge in [-0.15, -0.1) is 0 Å². The Morgan fingerprint density at radius 3 is 2.42 bits per heavy atom. The Labute approximate surface area is 196 Å². The minimum atomic E-state index is -1.50. The number of benzene rings is 2. The Hall–Kier alpha value is -3.15. The molecule has 2 aliphatic rings. The molecule has 1 aliphatic heterocycles. The number of hydrogen-bond donors (Lipinski definition) is 1. The summed E-state index contributed by atoms with van der Waals surface area (Å²) in [5.41, 5.74) is 0.644. The SMILES string of the molecule is N#Cc1ccc(C(C#N)CC2[CH]CCN(C(=O)C(O)(c3ccccc3)C3CCCC3)C2)cc1. The molecule has 5 heteroatoms. The Morgan fingerprint density at radius 2 is 1.79 bits per heavy atom. The van der Waals surface area contributed by atoms with E-state index in [0.29, 0.717) is 30.6 Å². The molecule has 1 heterocycles. The lowest BCUT2D eigenvalue weighted by atomic mass is 9.78. The van der Waals surface area contributed by atoms with Crippen LogP contribution in [-0.4, -0.2) is 29.0 Å². The van der Waals surface area contributed by atoms with E-state index in [2.05, 4.69) is 18.6 Å². The molecule has 3 atom stereocenters. The highest BCUT2D eigenvalue weighted by molar-refractivity contribution is 5.87. The summed E-state index contributed by atoms with van der Waals surface area (Å²) in [7, 11) is 0. The second-order valence-corrected chi connectivity index (χ2v) is 9.30. The van der Waals surface area contributed by atoms with Crippen LogP contribution in [0, 0.1) is 40.9 Å². The summed E-state index contributed by atoms with van der Waals surface area (Å²) in [6.07, 6.45) is 7.35. The summed E-state index contributed by atoms with van der Waals surface area (Å²) in [6.45, 7) is 1.10. The summed E-state index contributed by atoms with van der Waals surface area (Å²) in [5, 5.41) is 30.7. The van der Waals surface area contributed by atoms with Crippen molar-refractivity contribution in [3.05, 3.63) is 77.7 Å². The molecule has 1 N–H and O–H groups in total. The monoisotopic (exact) mass is 440 g/mol. The van der Waals surface area contributed by atoms with E-state index in [1.54, 1.807) is 12.1 Å². The van der Waals surface area contributed by atoms with Crippen LogP contribution in [-0.2, 0) is 10.4 Å². The van der Waals surface area contributed by atoms with Crippen LogP contribution in [0.25, 0.3) is 0 Å². The lowest BCUT2D eigenvalue weighted by Gasteiger charge is -2.41. The maximum atomic E-state index is 13.8. The Morgan fingerprint density at radius 1 is 1.09 bits per heavy atom. The van der Waals surface area contributed by atoms with E-state index in [1.165, 1.54) is 0 Å². The zero-order chi connectivity index (χ0) is 23.3. The van der Waals surface area contributed by atoms with Crippen LogP contribution in [0.4, 0.5) is 0 Å². The molecule has 1 amide bonds. The van der Waals surface area contributed by atoms with E-state index in [4.69, 9.17) is 5.26 Å². The zero-order valence-electron chi connectivity index (χ0n) is 18.9. The number of aliphatic hydroxyl groups is 1. The van der Waals surface area contributed by atoms with Crippen molar-refractivity contribution in [1.29, 1.82) is 10.5 Å². The lowest BCUT2D eigenvalue weighted by Crippen LogP contribution is -2.53. The average molecular weight is 441 g/mol. The van der Waals surface area contributed by atoms with Crippen molar-refractivity contribution in [2.45, 2.75) is 50.0 Å². The van der Waals surface area contributed by atoms with Crippen molar-refractivity contribution >= 4 is 5.91 Å². The van der Waals surface area contributed by atoms with Gasteiger partial charge in [-0.05, 0) is 61.3 Å². The molecule has 2 aromatic rings. The predicted octanol–water partition coefficient (Wildman–Crippen LogP) is 4.69. The molecule has 4 rings (SSSR count). The number of likely N-dealkylation sites (tertiary alicyclic amines) is 1. The number of amides is 1. The van der Waals surface area contributed by atoms with Gasteiger partial charge in [-0.3, -0.25) is 4.79 Å². The number of rotatable bonds is 6. The third-order valence-corrected chi connectivity index (χ3v) is 7.26. The number of carbonyl (C=O) groups excluding carboxylic acids is 1. The number of piperidine rings is 1. The fourth-order valence-corrected chi connectivity index (χ4v) is 5.44. The first kappa shape index (κ1) is 23.0. The number of nitrogens with zero attached hydrogens (tertiary/aromatic N) is 3. The van der Waals surface area contributed by atoms with Gasteiger partial charge in [-0.25, -0.2) is 0 Å². The largest absolute Gasteiger partial charge is 0.375 e. The van der Waals surface area contributed by atoms with Gasteiger partial charge in [0, 0.05) is 19.0 Å². The molecule has 1 aliphatic carbocycles. The van der Waals surface area contributed by atoms with Crippen molar-refractivity contribution in [3.8, 4) is 12.1 Å². The summed E-state index contributed by atoms with van der Waals surface area (Å²) < 4.78 is 0. The zero-order valence-corrected chi connectivity index (χ0v) is 18.9. The van der Waals surface area contributed by atoms with E-state index in [1.807, 2.05) is 47.4 Å².